The molecule has 6 heteroatoms. The summed E-state index contributed by atoms with van der Waals surface area (Å²) in [5, 5.41) is 3.40. The van der Waals surface area contributed by atoms with E-state index >= 15 is 0 Å². The number of rotatable bonds is 4. The molecule has 1 spiro atoms. The molecule has 1 aromatic heterocycles. The average molecular weight is 385 g/mol. The van der Waals surface area contributed by atoms with Gasteiger partial charge in [0.1, 0.15) is 5.76 Å². The van der Waals surface area contributed by atoms with Crippen LogP contribution in [-0.4, -0.2) is 23.3 Å². The van der Waals surface area contributed by atoms with Crippen LogP contribution in [0.2, 0.25) is 0 Å². The van der Waals surface area contributed by atoms with Gasteiger partial charge >= 0.3 is 0 Å². The fourth-order valence-electron chi connectivity index (χ4n) is 4.21. The number of furan rings is 1. The number of para-hydroxylation sites is 2. The van der Waals surface area contributed by atoms with Crippen molar-refractivity contribution in [2.24, 2.45) is 0 Å². The van der Waals surface area contributed by atoms with Crippen molar-refractivity contribution in [1.29, 1.82) is 0 Å². The van der Waals surface area contributed by atoms with Crippen LogP contribution in [0.25, 0.3) is 0 Å². The Bertz CT molecular complexity index is 1120. The van der Waals surface area contributed by atoms with Gasteiger partial charge in [0, 0.05) is 17.8 Å². The van der Waals surface area contributed by atoms with E-state index in [1.165, 1.54) is 0 Å². The molecule has 6 nitrogen and oxygen atoms in total. The number of hydrogen-bond acceptors (Lipinski definition) is 4. The van der Waals surface area contributed by atoms with E-state index in [9.17, 15) is 9.59 Å². The molecule has 3 aromatic rings. The molecule has 2 aliphatic heterocycles. The topological polar surface area (TPSA) is 65.8 Å². The third kappa shape index (κ3) is 2.35. The van der Waals surface area contributed by atoms with Gasteiger partial charge < -0.3 is 14.6 Å². The summed E-state index contributed by atoms with van der Waals surface area (Å²) in [6.45, 7) is 4.30. The standard InChI is InChI=1S/C23H19N3O3/c1-2-13-25-20-12-6-4-10-18(20)23(22(25)28)24-19-11-5-3-9-17(19)21(27)26(23)15-16-8-7-14-29-16/h2-12,14,24H,1,13,15H2/t23-/m0/s1. The van der Waals surface area contributed by atoms with E-state index in [0.717, 1.165) is 11.3 Å². The van der Waals surface area contributed by atoms with Gasteiger partial charge in [0.2, 0.25) is 5.66 Å². The van der Waals surface area contributed by atoms with Gasteiger partial charge in [-0.3, -0.25) is 14.5 Å². The average Bonchev–Trinajstić information content (AvgIpc) is 3.33. The normalized spacial score (nSPS) is 19.9. The van der Waals surface area contributed by atoms with Gasteiger partial charge in [-0.15, -0.1) is 6.58 Å². The Balaban J connectivity index is 1.75. The summed E-state index contributed by atoms with van der Waals surface area (Å²) in [6, 6.07) is 18.4. The highest BCUT2D eigenvalue weighted by atomic mass is 16.3. The Labute approximate surface area is 168 Å². The molecule has 29 heavy (non-hydrogen) atoms. The van der Waals surface area contributed by atoms with Crippen LogP contribution in [-0.2, 0) is 17.0 Å². The molecule has 2 amide bonds. The van der Waals surface area contributed by atoms with Crippen molar-refractivity contribution in [2.45, 2.75) is 12.2 Å². The lowest BCUT2D eigenvalue weighted by atomic mass is 9.93. The minimum absolute atomic E-state index is 0.162. The quantitative estimate of drug-likeness (QED) is 0.695. The Morgan fingerprint density at radius 1 is 1.03 bits per heavy atom. The van der Waals surface area contributed by atoms with E-state index in [4.69, 9.17) is 4.42 Å². The molecule has 144 valence electrons. The van der Waals surface area contributed by atoms with E-state index in [0.29, 0.717) is 23.6 Å². The van der Waals surface area contributed by atoms with Crippen molar-refractivity contribution in [2.75, 3.05) is 16.8 Å². The second-order valence-corrected chi connectivity index (χ2v) is 7.07. The number of anilines is 2. The maximum atomic E-state index is 13.8. The van der Waals surface area contributed by atoms with E-state index in [1.807, 2.05) is 42.5 Å². The third-order valence-electron chi connectivity index (χ3n) is 5.47. The Morgan fingerprint density at radius 2 is 1.83 bits per heavy atom. The minimum atomic E-state index is -1.35. The molecule has 0 aliphatic carbocycles. The monoisotopic (exact) mass is 385 g/mol. The molecule has 0 radical (unpaired) electrons. The maximum Gasteiger partial charge on any atom is 0.279 e. The molecule has 1 N–H and O–H groups in total. The molecule has 5 rings (SSSR count). The lowest BCUT2D eigenvalue weighted by Crippen LogP contribution is -2.62. The van der Waals surface area contributed by atoms with Crippen molar-refractivity contribution in [3.05, 3.63) is 96.5 Å². The summed E-state index contributed by atoms with van der Waals surface area (Å²) in [6.07, 6.45) is 3.25. The number of hydrogen-bond donors (Lipinski definition) is 1. The van der Waals surface area contributed by atoms with Crippen molar-refractivity contribution >= 4 is 23.2 Å². The third-order valence-corrected chi connectivity index (χ3v) is 5.47. The maximum absolute atomic E-state index is 13.8. The van der Waals surface area contributed by atoms with E-state index in [-0.39, 0.29) is 18.4 Å². The first-order valence-electron chi connectivity index (χ1n) is 9.41. The molecule has 2 aliphatic rings. The van der Waals surface area contributed by atoms with Gasteiger partial charge in [0.05, 0.1) is 24.1 Å². The molecule has 3 heterocycles. The first kappa shape index (κ1) is 17.3. The van der Waals surface area contributed by atoms with E-state index in [2.05, 4.69) is 11.9 Å². The molecule has 1 atom stereocenters. The number of nitrogens with one attached hydrogen (secondary N) is 1. The second kappa shape index (κ2) is 6.38. The summed E-state index contributed by atoms with van der Waals surface area (Å²) in [4.78, 5) is 30.6. The number of amides is 2. The van der Waals surface area contributed by atoms with Crippen molar-refractivity contribution < 1.29 is 14.0 Å². The summed E-state index contributed by atoms with van der Waals surface area (Å²) < 4.78 is 5.51. The summed E-state index contributed by atoms with van der Waals surface area (Å²) in [5.74, 6) is 0.165. The van der Waals surface area contributed by atoms with Crippen molar-refractivity contribution in [3.63, 3.8) is 0 Å². The molecule has 0 unspecified atom stereocenters. The Hall–Kier alpha value is -3.80. The van der Waals surface area contributed by atoms with Crippen LogP contribution in [0.5, 0.6) is 0 Å². The lowest BCUT2D eigenvalue weighted by Gasteiger charge is -2.44. The van der Waals surface area contributed by atoms with Gasteiger partial charge in [-0.05, 0) is 30.3 Å². The second-order valence-electron chi connectivity index (χ2n) is 7.07. The van der Waals surface area contributed by atoms with Crippen LogP contribution in [0.3, 0.4) is 0 Å². The number of benzene rings is 2. The van der Waals surface area contributed by atoms with Gasteiger partial charge in [-0.1, -0.05) is 36.4 Å². The number of carbonyl (C=O) groups is 2. The van der Waals surface area contributed by atoms with Gasteiger partial charge in [-0.25, -0.2) is 0 Å². The highest BCUT2D eigenvalue weighted by molar-refractivity contribution is 6.15. The summed E-state index contributed by atoms with van der Waals surface area (Å²) in [5.41, 5.74) is 1.31. The fraction of sp³-hybridized carbons (Fsp3) is 0.130. The largest absolute Gasteiger partial charge is 0.467 e. The SMILES string of the molecule is C=CCN1C(=O)[C@]2(Nc3ccccc3C(=O)N2Cc2ccco2)c2ccccc21. The van der Waals surface area contributed by atoms with Crippen LogP contribution in [0.1, 0.15) is 21.7 Å². The van der Waals surface area contributed by atoms with Gasteiger partial charge in [-0.2, -0.15) is 0 Å². The number of nitrogens with zero attached hydrogens (tertiary/aromatic N) is 2. The predicted octanol–water partition coefficient (Wildman–Crippen LogP) is 3.73. The first-order chi connectivity index (χ1) is 14.2. The number of fused-ring (bicyclic) bond motifs is 3. The number of carbonyl (C=O) groups excluding carboxylic acids is 2. The fourth-order valence-corrected chi connectivity index (χ4v) is 4.21. The van der Waals surface area contributed by atoms with Crippen LogP contribution >= 0.6 is 0 Å². The zero-order valence-corrected chi connectivity index (χ0v) is 15.7. The lowest BCUT2D eigenvalue weighted by molar-refractivity contribution is -0.127. The highest BCUT2D eigenvalue weighted by Gasteiger charge is 2.58. The molecule has 2 aromatic carbocycles. The van der Waals surface area contributed by atoms with Crippen LogP contribution in [0.4, 0.5) is 11.4 Å². The Kier molecular flexibility index (Phi) is 3.81. The van der Waals surface area contributed by atoms with E-state index in [1.54, 1.807) is 40.3 Å². The molecule has 0 bridgehead atoms. The van der Waals surface area contributed by atoms with Gasteiger partial charge in [0.25, 0.3) is 11.8 Å². The van der Waals surface area contributed by atoms with Crippen LogP contribution in [0, 0.1) is 0 Å². The Morgan fingerprint density at radius 3 is 2.62 bits per heavy atom. The molecule has 0 saturated heterocycles. The van der Waals surface area contributed by atoms with Crippen molar-refractivity contribution in [3.8, 4) is 0 Å². The van der Waals surface area contributed by atoms with Crippen LogP contribution < -0.4 is 10.2 Å². The summed E-state index contributed by atoms with van der Waals surface area (Å²) in [7, 11) is 0. The molecular formula is C23H19N3O3. The molecular weight excluding hydrogens is 366 g/mol. The van der Waals surface area contributed by atoms with Crippen molar-refractivity contribution in [1.82, 2.24) is 4.90 Å². The molecule has 0 fully saturated rings. The first-order valence-corrected chi connectivity index (χ1v) is 9.41. The summed E-state index contributed by atoms with van der Waals surface area (Å²) >= 11 is 0. The smallest absolute Gasteiger partial charge is 0.279 e. The molecule has 0 saturated carbocycles. The van der Waals surface area contributed by atoms with Crippen LogP contribution in [0.15, 0.2) is 84.0 Å². The zero-order chi connectivity index (χ0) is 20.0. The zero-order valence-electron chi connectivity index (χ0n) is 15.7. The minimum Gasteiger partial charge on any atom is -0.467 e. The van der Waals surface area contributed by atoms with E-state index < -0.39 is 5.66 Å². The predicted molar refractivity (Wildman–Crippen MR) is 109 cm³/mol. The highest BCUT2D eigenvalue weighted by Crippen LogP contribution is 2.48. The van der Waals surface area contributed by atoms with Gasteiger partial charge in [0.15, 0.2) is 0 Å².